The van der Waals surface area contributed by atoms with Crippen LogP contribution < -0.4 is 5.73 Å². The van der Waals surface area contributed by atoms with Crippen LogP contribution in [0.3, 0.4) is 0 Å². The summed E-state index contributed by atoms with van der Waals surface area (Å²) >= 11 is 0. The highest BCUT2D eigenvalue weighted by atomic mass is 16.5. The predicted octanol–water partition coefficient (Wildman–Crippen LogP) is 3.20. The number of rotatable bonds is 6. The van der Waals surface area contributed by atoms with Crippen molar-refractivity contribution in [3.63, 3.8) is 0 Å². The average molecular weight is 215 g/mol. The molecule has 0 heterocycles. The zero-order chi connectivity index (χ0) is 12.1. The fraction of sp³-hybridized carbons (Fsp3) is 1.00. The van der Waals surface area contributed by atoms with E-state index in [4.69, 9.17) is 10.5 Å². The lowest BCUT2D eigenvalue weighted by molar-refractivity contribution is -0.0435. The van der Waals surface area contributed by atoms with Gasteiger partial charge in [0, 0.05) is 12.6 Å². The van der Waals surface area contributed by atoms with E-state index in [-0.39, 0.29) is 17.6 Å². The topological polar surface area (TPSA) is 35.2 Å². The van der Waals surface area contributed by atoms with Crippen LogP contribution >= 0.6 is 0 Å². The second-order valence-electron chi connectivity index (χ2n) is 5.87. The highest BCUT2D eigenvalue weighted by molar-refractivity contribution is 4.81. The van der Waals surface area contributed by atoms with Gasteiger partial charge in [0.1, 0.15) is 0 Å². The van der Waals surface area contributed by atoms with E-state index in [9.17, 15) is 0 Å². The second-order valence-corrected chi connectivity index (χ2v) is 5.87. The first-order valence-corrected chi connectivity index (χ1v) is 6.16. The van der Waals surface area contributed by atoms with E-state index in [0.29, 0.717) is 5.92 Å². The Labute approximate surface area is 95.6 Å². The van der Waals surface area contributed by atoms with Crippen molar-refractivity contribution in [2.75, 3.05) is 6.61 Å². The number of nitrogens with two attached hydrogens (primary N) is 1. The largest absolute Gasteiger partial charge is 0.376 e. The molecule has 0 bridgehead atoms. The molecule has 3 unspecified atom stereocenters. The quantitative estimate of drug-likeness (QED) is 0.738. The Morgan fingerprint density at radius 2 is 1.73 bits per heavy atom. The summed E-state index contributed by atoms with van der Waals surface area (Å²) in [5.74, 6) is 0.638. The van der Waals surface area contributed by atoms with Gasteiger partial charge in [-0.3, -0.25) is 0 Å². The molecule has 0 aliphatic heterocycles. The summed E-state index contributed by atoms with van der Waals surface area (Å²) in [5.41, 5.74) is 6.08. The molecule has 0 saturated carbocycles. The van der Waals surface area contributed by atoms with E-state index < -0.39 is 0 Å². The van der Waals surface area contributed by atoms with Crippen molar-refractivity contribution in [1.29, 1.82) is 0 Å². The molecule has 3 atom stereocenters. The van der Waals surface area contributed by atoms with Crippen LogP contribution in [0.25, 0.3) is 0 Å². The Balaban J connectivity index is 4.09. The maximum atomic E-state index is 5.96. The normalized spacial score (nSPS) is 18.6. The third kappa shape index (κ3) is 6.16. The van der Waals surface area contributed by atoms with Crippen LogP contribution in [-0.4, -0.2) is 18.8 Å². The summed E-state index contributed by atoms with van der Waals surface area (Å²) in [4.78, 5) is 0. The maximum absolute atomic E-state index is 5.96. The molecule has 92 valence electrons. The Hall–Kier alpha value is -0.0800. The molecule has 0 radical (unpaired) electrons. The zero-order valence-electron chi connectivity index (χ0n) is 11.3. The molecule has 0 fully saturated rings. The predicted molar refractivity (Wildman–Crippen MR) is 66.9 cm³/mol. The van der Waals surface area contributed by atoms with Crippen LogP contribution in [0.5, 0.6) is 0 Å². The lowest BCUT2D eigenvalue weighted by atomic mass is 9.85. The fourth-order valence-electron chi connectivity index (χ4n) is 2.03. The van der Waals surface area contributed by atoms with Crippen molar-refractivity contribution in [1.82, 2.24) is 0 Å². The van der Waals surface area contributed by atoms with E-state index in [2.05, 4.69) is 34.6 Å². The monoisotopic (exact) mass is 215 g/mol. The molecule has 2 heteroatoms. The summed E-state index contributed by atoms with van der Waals surface area (Å²) in [6.07, 6.45) is 2.61. The minimum Gasteiger partial charge on any atom is -0.376 e. The summed E-state index contributed by atoms with van der Waals surface area (Å²) in [5, 5.41) is 0. The highest BCUT2D eigenvalue weighted by Crippen LogP contribution is 2.25. The molecular formula is C13H29NO. The van der Waals surface area contributed by atoms with Gasteiger partial charge in [0.05, 0.1) is 6.10 Å². The summed E-state index contributed by atoms with van der Waals surface area (Å²) in [7, 11) is 0. The molecule has 0 aliphatic carbocycles. The molecule has 15 heavy (non-hydrogen) atoms. The highest BCUT2D eigenvalue weighted by Gasteiger charge is 2.28. The van der Waals surface area contributed by atoms with Crippen molar-refractivity contribution in [2.24, 2.45) is 17.1 Å². The maximum Gasteiger partial charge on any atom is 0.0771 e. The Morgan fingerprint density at radius 3 is 2.07 bits per heavy atom. The smallest absolute Gasteiger partial charge is 0.0771 e. The SMILES string of the molecule is CCCC(C)COC(C(C)N)C(C)(C)C. The number of hydrogen-bond donors (Lipinski definition) is 1. The van der Waals surface area contributed by atoms with Gasteiger partial charge in [0.25, 0.3) is 0 Å². The number of ether oxygens (including phenoxy) is 1. The molecule has 0 aliphatic rings. The molecule has 0 aromatic carbocycles. The van der Waals surface area contributed by atoms with Crippen LogP contribution in [0.1, 0.15) is 54.4 Å². The Morgan fingerprint density at radius 1 is 1.20 bits per heavy atom. The van der Waals surface area contributed by atoms with Crippen molar-refractivity contribution in [3.05, 3.63) is 0 Å². The average Bonchev–Trinajstić information content (AvgIpc) is 2.01. The van der Waals surface area contributed by atoms with E-state index >= 15 is 0 Å². The van der Waals surface area contributed by atoms with Crippen LogP contribution in [0.4, 0.5) is 0 Å². The molecule has 0 rings (SSSR count). The van der Waals surface area contributed by atoms with Gasteiger partial charge >= 0.3 is 0 Å². The van der Waals surface area contributed by atoms with E-state index in [1.807, 2.05) is 6.92 Å². The molecule has 0 aromatic rings. The summed E-state index contributed by atoms with van der Waals surface area (Å²) in [6.45, 7) is 13.9. The summed E-state index contributed by atoms with van der Waals surface area (Å²) in [6, 6.07) is 0.0961. The molecule has 0 amide bonds. The minimum absolute atomic E-state index is 0.0961. The summed E-state index contributed by atoms with van der Waals surface area (Å²) < 4.78 is 5.96. The zero-order valence-corrected chi connectivity index (χ0v) is 11.3. The fourth-order valence-corrected chi connectivity index (χ4v) is 2.03. The Bertz CT molecular complexity index is 160. The van der Waals surface area contributed by atoms with E-state index in [1.165, 1.54) is 12.8 Å². The van der Waals surface area contributed by atoms with Gasteiger partial charge in [0.2, 0.25) is 0 Å². The van der Waals surface area contributed by atoms with E-state index in [0.717, 1.165) is 6.61 Å². The third-order valence-electron chi connectivity index (χ3n) is 2.67. The van der Waals surface area contributed by atoms with Gasteiger partial charge in [-0.2, -0.15) is 0 Å². The van der Waals surface area contributed by atoms with Crippen molar-refractivity contribution < 1.29 is 4.74 Å². The van der Waals surface area contributed by atoms with Crippen molar-refractivity contribution in [3.8, 4) is 0 Å². The van der Waals surface area contributed by atoms with Gasteiger partial charge in [-0.15, -0.1) is 0 Å². The first-order chi connectivity index (χ1) is 6.79. The van der Waals surface area contributed by atoms with Gasteiger partial charge in [-0.25, -0.2) is 0 Å². The molecular weight excluding hydrogens is 186 g/mol. The van der Waals surface area contributed by atoms with Gasteiger partial charge in [-0.1, -0.05) is 41.0 Å². The van der Waals surface area contributed by atoms with E-state index in [1.54, 1.807) is 0 Å². The first kappa shape index (κ1) is 14.9. The number of hydrogen-bond acceptors (Lipinski definition) is 2. The van der Waals surface area contributed by atoms with Crippen molar-refractivity contribution >= 4 is 0 Å². The van der Waals surface area contributed by atoms with Crippen LogP contribution in [0.15, 0.2) is 0 Å². The molecule has 0 aromatic heterocycles. The van der Waals surface area contributed by atoms with Crippen molar-refractivity contribution in [2.45, 2.75) is 66.5 Å². The first-order valence-electron chi connectivity index (χ1n) is 6.16. The molecule has 2 N–H and O–H groups in total. The van der Waals surface area contributed by atoms with Gasteiger partial charge in [0.15, 0.2) is 0 Å². The lowest BCUT2D eigenvalue weighted by Gasteiger charge is -2.34. The third-order valence-corrected chi connectivity index (χ3v) is 2.67. The lowest BCUT2D eigenvalue weighted by Crippen LogP contribution is -2.44. The van der Waals surface area contributed by atoms with Gasteiger partial charge < -0.3 is 10.5 Å². The Kier molecular flexibility index (Phi) is 6.46. The second kappa shape index (κ2) is 6.49. The molecule has 0 saturated heterocycles. The van der Waals surface area contributed by atoms with Crippen LogP contribution in [0.2, 0.25) is 0 Å². The minimum atomic E-state index is 0.0961. The van der Waals surface area contributed by atoms with Gasteiger partial charge in [-0.05, 0) is 24.7 Å². The van der Waals surface area contributed by atoms with Crippen LogP contribution in [0, 0.1) is 11.3 Å². The molecule has 2 nitrogen and oxygen atoms in total. The van der Waals surface area contributed by atoms with Crippen LogP contribution in [-0.2, 0) is 4.74 Å². The molecule has 0 spiro atoms. The standard InChI is InChI=1S/C13H29NO/c1-7-8-10(2)9-15-12(11(3)14)13(4,5)6/h10-12H,7-9,14H2,1-6H3.